The van der Waals surface area contributed by atoms with Crippen molar-refractivity contribution in [2.45, 2.75) is 32.2 Å². The van der Waals surface area contributed by atoms with Gasteiger partial charge in [0.2, 0.25) is 11.8 Å². The zero-order valence-corrected chi connectivity index (χ0v) is 11.7. The van der Waals surface area contributed by atoms with Crippen molar-refractivity contribution in [3.8, 4) is 5.88 Å². The second-order valence-corrected chi connectivity index (χ2v) is 4.83. The first-order valence-corrected chi connectivity index (χ1v) is 7.25. The smallest absolute Gasteiger partial charge is 0.228 e. The Hall–Kier alpha value is -0.840. The summed E-state index contributed by atoms with van der Waals surface area (Å²) in [7, 11) is 0. The minimum Gasteiger partial charge on any atom is -0.478 e. The number of ether oxygens (including phenoxy) is 1. The standard InChI is InChI=1S/C12H18BrN3O/c1-2-8-17-11-5-6-14-12(15-11)16-7-3-4-10(16)9-13/h5-6,10H,2-4,7-9H2,1H3. The molecule has 1 aliphatic rings. The molecule has 0 spiro atoms. The van der Waals surface area contributed by atoms with Gasteiger partial charge in [-0.15, -0.1) is 0 Å². The number of hydrogen-bond donors (Lipinski definition) is 0. The highest BCUT2D eigenvalue weighted by atomic mass is 79.9. The summed E-state index contributed by atoms with van der Waals surface area (Å²) in [5, 5.41) is 0.969. The third-order valence-electron chi connectivity index (χ3n) is 2.88. The highest BCUT2D eigenvalue weighted by Crippen LogP contribution is 2.24. The van der Waals surface area contributed by atoms with Crippen LogP contribution in [0.15, 0.2) is 12.3 Å². The summed E-state index contributed by atoms with van der Waals surface area (Å²) in [6, 6.07) is 2.33. The molecular weight excluding hydrogens is 282 g/mol. The summed E-state index contributed by atoms with van der Waals surface area (Å²) in [5.74, 6) is 1.47. The van der Waals surface area contributed by atoms with Crippen LogP contribution in [0.2, 0.25) is 0 Å². The molecule has 1 aromatic heterocycles. The molecule has 0 bridgehead atoms. The van der Waals surface area contributed by atoms with Crippen LogP contribution in [0, 0.1) is 0 Å². The van der Waals surface area contributed by atoms with Crippen LogP contribution in [0.25, 0.3) is 0 Å². The molecule has 1 unspecified atom stereocenters. The molecule has 0 aromatic carbocycles. The van der Waals surface area contributed by atoms with Crippen LogP contribution >= 0.6 is 15.9 Å². The van der Waals surface area contributed by atoms with E-state index in [2.05, 4.69) is 37.7 Å². The average molecular weight is 300 g/mol. The zero-order chi connectivity index (χ0) is 12.1. The Morgan fingerprint density at radius 3 is 3.24 bits per heavy atom. The predicted octanol–water partition coefficient (Wildman–Crippen LogP) is 2.63. The van der Waals surface area contributed by atoms with Crippen LogP contribution in [-0.2, 0) is 0 Å². The summed E-state index contributed by atoms with van der Waals surface area (Å²) < 4.78 is 5.53. The van der Waals surface area contributed by atoms with Crippen molar-refractivity contribution in [2.75, 3.05) is 23.4 Å². The Kier molecular flexibility index (Phi) is 4.59. The van der Waals surface area contributed by atoms with Gasteiger partial charge >= 0.3 is 0 Å². The van der Waals surface area contributed by atoms with Gasteiger partial charge in [-0.25, -0.2) is 4.98 Å². The molecule has 1 atom stereocenters. The maximum Gasteiger partial charge on any atom is 0.228 e. The maximum atomic E-state index is 5.53. The van der Waals surface area contributed by atoms with Gasteiger partial charge in [0.05, 0.1) is 6.61 Å². The second kappa shape index (κ2) is 6.19. The molecule has 1 fully saturated rings. The molecule has 0 amide bonds. The number of anilines is 1. The van der Waals surface area contributed by atoms with Crippen molar-refractivity contribution >= 4 is 21.9 Å². The van der Waals surface area contributed by atoms with Crippen molar-refractivity contribution in [3.05, 3.63) is 12.3 Å². The third kappa shape index (κ3) is 3.09. The van der Waals surface area contributed by atoms with E-state index in [-0.39, 0.29) is 0 Å². The molecule has 4 nitrogen and oxygen atoms in total. The van der Waals surface area contributed by atoms with E-state index in [9.17, 15) is 0 Å². The Bertz CT molecular complexity index is 361. The quantitative estimate of drug-likeness (QED) is 0.784. The molecule has 1 aromatic rings. The first-order chi connectivity index (χ1) is 8.35. The monoisotopic (exact) mass is 299 g/mol. The van der Waals surface area contributed by atoms with E-state index in [0.717, 1.165) is 24.2 Å². The summed E-state index contributed by atoms with van der Waals surface area (Å²) in [6.45, 7) is 3.83. The Morgan fingerprint density at radius 2 is 2.47 bits per heavy atom. The molecule has 0 aliphatic carbocycles. The van der Waals surface area contributed by atoms with Crippen LogP contribution in [0.5, 0.6) is 5.88 Å². The summed E-state index contributed by atoms with van der Waals surface area (Å²) in [4.78, 5) is 11.1. The minimum atomic E-state index is 0.511. The number of hydrogen-bond acceptors (Lipinski definition) is 4. The lowest BCUT2D eigenvalue weighted by molar-refractivity contribution is 0.304. The van der Waals surface area contributed by atoms with E-state index in [4.69, 9.17) is 4.74 Å². The van der Waals surface area contributed by atoms with Gasteiger partial charge < -0.3 is 9.64 Å². The molecule has 5 heteroatoms. The van der Waals surface area contributed by atoms with Crippen molar-refractivity contribution in [3.63, 3.8) is 0 Å². The fourth-order valence-corrected chi connectivity index (χ4v) is 2.69. The van der Waals surface area contributed by atoms with E-state index in [1.54, 1.807) is 6.20 Å². The summed E-state index contributed by atoms with van der Waals surface area (Å²) in [5.41, 5.74) is 0. The van der Waals surface area contributed by atoms with Gasteiger partial charge in [0.1, 0.15) is 0 Å². The van der Waals surface area contributed by atoms with Crippen molar-refractivity contribution in [1.82, 2.24) is 9.97 Å². The molecule has 0 N–H and O–H groups in total. The number of alkyl halides is 1. The van der Waals surface area contributed by atoms with E-state index < -0.39 is 0 Å². The van der Waals surface area contributed by atoms with Gasteiger partial charge in [-0.05, 0) is 19.3 Å². The molecule has 2 heterocycles. The van der Waals surface area contributed by atoms with Gasteiger partial charge in [-0.2, -0.15) is 4.98 Å². The van der Waals surface area contributed by atoms with Gasteiger partial charge in [0, 0.05) is 30.2 Å². The molecule has 94 valence electrons. The van der Waals surface area contributed by atoms with E-state index in [0.29, 0.717) is 18.5 Å². The Balaban J connectivity index is 2.09. The summed E-state index contributed by atoms with van der Waals surface area (Å²) in [6.07, 6.45) is 5.18. The lowest BCUT2D eigenvalue weighted by atomic mass is 10.2. The number of halogens is 1. The van der Waals surface area contributed by atoms with Gasteiger partial charge in [-0.3, -0.25) is 0 Å². The largest absolute Gasteiger partial charge is 0.478 e. The molecule has 0 saturated carbocycles. The van der Waals surface area contributed by atoms with Crippen LogP contribution in [-0.4, -0.2) is 34.5 Å². The van der Waals surface area contributed by atoms with Crippen molar-refractivity contribution < 1.29 is 4.74 Å². The van der Waals surface area contributed by atoms with E-state index in [1.807, 2.05) is 6.07 Å². The fraction of sp³-hybridized carbons (Fsp3) is 0.667. The molecule has 0 radical (unpaired) electrons. The SMILES string of the molecule is CCCOc1ccnc(N2CCCC2CBr)n1. The lowest BCUT2D eigenvalue weighted by Gasteiger charge is -2.22. The van der Waals surface area contributed by atoms with E-state index in [1.165, 1.54) is 12.8 Å². The molecule has 1 saturated heterocycles. The first kappa shape index (κ1) is 12.6. The molecule has 17 heavy (non-hydrogen) atoms. The van der Waals surface area contributed by atoms with Gasteiger partial charge in [0.15, 0.2) is 0 Å². The zero-order valence-electron chi connectivity index (χ0n) is 10.1. The highest BCUT2D eigenvalue weighted by molar-refractivity contribution is 9.09. The van der Waals surface area contributed by atoms with Crippen molar-refractivity contribution in [1.29, 1.82) is 0 Å². The van der Waals surface area contributed by atoms with Gasteiger partial charge in [-0.1, -0.05) is 22.9 Å². The fourth-order valence-electron chi connectivity index (χ4n) is 2.02. The number of rotatable bonds is 5. The number of nitrogens with zero attached hydrogens (tertiary/aromatic N) is 3. The predicted molar refractivity (Wildman–Crippen MR) is 72.0 cm³/mol. The maximum absolute atomic E-state index is 5.53. The second-order valence-electron chi connectivity index (χ2n) is 4.19. The Morgan fingerprint density at radius 1 is 1.59 bits per heavy atom. The molecular formula is C12H18BrN3O. The third-order valence-corrected chi connectivity index (χ3v) is 3.63. The van der Waals surface area contributed by atoms with Crippen LogP contribution in [0.1, 0.15) is 26.2 Å². The van der Waals surface area contributed by atoms with E-state index >= 15 is 0 Å². The van der Waals surface area contributed by atoms with Crippen LogP contribution in [0.4, 0.5) is 5.95 Å². The first-order valence-electron chi connectivity index (χ1n) is 6.13. The summed E-state index contributed by atoms with van der Waals surface area (Å²) >= 11 is 3.55. The highest BCUT2D eigenvalue weighted by Gasteiger charge is 2.25. The normalized spacial score (nSPS) is 19.6. The topological polar surface area (TPSA) is 38.2 Å². The van der Waals surface area contributed by atoms with Crippen LogP contribution in [0.3, 0.4) is 0 Å². The lowest BCUT2D eigenvalue weighted by Crippen LogP contribution is -2.31. The Labute approximate surface area is 111 Å². The van der Waals surface area contributed by atoms with Gasteiger partial charge in [0.25, 0.3) is 0 Å². The molecule has 2 rings (SSSR count). The molecule has 1 aliphatic heterocycles. The van der Waals surface area contributed by atoms with Crippen LogP contribution < -0.4 is 9.64 Å². The average Bonchev–Trinajstić information content (AvgIpc) is 2.85. The van der Waals surface area contributed by atoms with Crippen molar-refractivity contribution in [2.24, 2.45) is 0 Å². The number of aromatic nitrogens is 2. The minimum absolute atomic E-state index is 0.511.